The average Bonchev–Trinajstić information content (AvgIpc) is 2.33. The molecule has 0 saturated carbocycles. The first-order valence-corrected chi connectivity index (χ1v) is 7.20. The monoisotopic (exact) mass is 306 g/mol. The van der Waals surface area contributed by atoms with Gasteiger partial charge in [0.1, 0.15) is 0 Å². The van der Waals surface area contributed by atoms with E-state index in [-0.39, 0.29) is 5.41 Å². The fourth-order valence-corrected chi connectivity index (χ4v) is 3.15. The van der Waals surface area contributed by atoms with Crippen molar-refractivity contribution in [2.75, 3.05) is 18.0 Å². The summed E-state index contributed by atoms with van der Waals surface area (Å²) in [6.45, 7) is 6.61. The highest BCUT2D eigenvalue weighted by Crippen LogP contribution is 2.40. The van der Waals surface area contributed by atoms with Crippen LogP contribution in [-0.4, -0.2) is 13.1 Å². The molecule has 1 saturated heterocycles. The maximum absolute atomic E-state index is 8.98. The molecule has 0 N–H and O–H groups in total. The molecule has 18 heavy (non-hydrogen) atoms. The first-order valence-electron chi connectivity index (χ1n) is 6.41. The zero-order valence-corrected chi connectivity index (χ0v) is 12.6. The van der Waals surface area contributed by atoms with Gasteiger partial charge in [-0.2, -0.15) is 5.26 Å². The predicted octanol–water partition coefficient (Wildman–Crippen LogP) is 4.22. The van der Waals surface area contributed by atoms with E-state index < -0.39 is 0 Å². The Morgan fingerprint density at radius 2 is 2.17 bits per heavy atom. The minimum Gasteiger partial charge on any atom is -0.370 e. The summed E-state index contributed by atoms with van der Waals surface area (Å²) >= 11 is 3.61. The van der Waals surface area contributed by atoms with Crippen LogP contribution in [0.3, 0.4) is 0 Å². The van der Waals surface area contributed by atoms with E-state index in [4.69, 9.17) is 5.26 Å². The van der Waals surface area contributed by atoms with Gasteiger partial charge in [-0.3, -0.25) is 0 Å². The standard InChI is InChI=1S/C15H19BrN2/c1-15(2)8-10-18(11-12(15)7-9-17)14-6-4-3-5-13(14)16/h3-6,12H,7-8,10-11H2,1-2H3. The van der Waals surface area contributed by atoms with Crippen molar-refractivity contribution in [2.45, 2.75) is 26.7 Å². The first kappa shape index (κ1) is 13.4. The minimum atomic E-state index is 0.271. The molecule has 0 radical (unpaired) electrons. The van der Waals surface area contributed by atoms with Crippen LogP contribution in [-0.2, 0) is 0 Å². The molecule has 1 aliphatic heterocycles. The highest BCUT2D eigenvalue weighted by atomic mass is 79.9. The Morgan fingerprint density at radius 1 is 1.44 bits per heavy atom. The number of hydrogen-bond donors (Lipinski definition) is 0. The summed E-state index contributed by atoms with van der Waals surface area (Å²) in [5, 5.41) is 8.98. The normalized spacial score (nSPS) is 22.6. The van der Waals surface area contributed by atoms with Gasteiger partial charge < -0.3 is 4.90 Å². The summed E-state index contributed by atoms with van der Waals surface area (Å²) in [6, 6.07) is 10.7. The van der Waals surface area contributed by atoms with Gasteiger partial charge in [0, 0.05) is 24.0 Å². The Morgan fingerprint density at radius 3 is 2.83 bits per heavy atom. The molecular formula is C15H19BrN2. The van der Waals surface area contributed by atoms with Gasteiger partial charge in [0.25, 0.3) is 0 Å². The van der Waals surface area contributed by atoms with Crippen LogP contribution in [0.5, 0.6) is 0 Å². The lowest BCUT2D eigenvalue weighted by Gasteiger charge is -2.44. The molecule has 1 aromatic rings. The van der Waals surface area contributed by atoms with Crippen LogP contribution in [0, 0.1) is 22.7 Å². The molecule has 1 aromatic carbocycles. The second-order valence-electron chi connectivity index (χ2n) is 5.70. The van der Waals surface area contributed by atoms with Crippen LogP contribution in [0.4, 0.5) is 5.69 Å². The first-order chi connectivity index (χ1) is 8.54. The quantitative estimate of drug-likeness (QED) is 0.818. The Balaban J connectivity index is 2.19. The van der Waals surface area contributed by atoms with Crippen LogP contribution >= 0.6 is 15.9 Å². The number of rotatable bonds is 2. The number of hydrogen-bond acceptors (Lipinski definition) is 2. The van der Waals surface area contributed by atoms with E-state index in [1.54, 1.807) is 0 Å². The Bertz CT molecular complexity index is 462. The van der Waals surface area contributed by atoms with Crippen molar-refractivity contribution in [1.29, 1.82) is 5.26 Å². The lowest BCUT2D eigenvalue weighted by Crippen LogP contribution is -2.44. The Kier molecular flexibility index (Phi) is 3.97. The molecule has 96 valence electrons. The van der Waals surface area contributed by atoms with Crippen molar-refractivity contribution >= 4 is 21.6 Å². The van der Waals surface area contributed by atoms with Gasteiger partial charge in [-0.15, -0.1) is 0 Å². The van der Waals surface area contributed by atoms with Gasteiger partial charge in [0.05, 0.1) is 11.8 Å². The third kappa shape index (κ3) is 2.70. The molecule has 0 aliphatic carbocycles. The number of nitrogens with zero attached hydrogens (tertiary/aromatic N) is 2. The van der Waals surface area contributed by atoms with Crippen LogP contribution < -0.4 is 4.90 Å². The highest BCUT2D eigenvalue weighted by molar-refractivity contribution is 9.10. The van der Waals surface area contributed by atoms with Crippen molar-refractivity contribution in [3.05, 3.63) is 28.7 Å². The van der Waals surface area contributed by atoms with E-state index in [1.165, 1.54) is 5.69 Å². The topological polar surface area (TPSA) is 27.0 Å². The zero-order chi connectivity index (χ0) is 13.2. The van der Waals surface area contributed by atoms with Gasteiger partial charge in [-0.25, -0.2) is 0 Å². The summed E-state index contributed by atoms with van der Waals surface area (Å²) < 4.78 is 1.14. The molecule has 0 bridgehead atoms. The molecule has 1 heterocycles. The van der Waals surface area contributed by atoms with Gasteiger partial charge in [-0.1, -0.05) is 26.0 Å². The number of anilines is 1. The largest absolute Gasteiger partial charge is 0.370 e. The summed E-state index contributed by atoms with van der Waals surface area (Å²) in [7, 11) is 0. The van der Waals surface area contributed by atoms with E-state index in [9.17, 15) is 0 Å². The van der Waals surface area contributed by atoms with Crippen LogP contribution in [0.2, 0.25) is 0 Å². The van der Waals surface area contributed by atoms with E-state index in [0.717, 1.165) is 24.0 Å². The van der Waals surface area contributed by atoms with E-state index in [0.29, 0.717) is 12.3 Å². The number of nitriles is 1. The van der Waals surface area contributed by atoms with Crippen LogP contribution in [0.15, 0.2) is 28.7 Å². The van der Waals surface area contributed by atoms with Crippen molar-refractivity contribution < 1.29 is 0 Å². The van der Waals surface area contributed by atoms with E-state index in [2.05, 4.69) is 58.9 Å². The molecule has 0 amide bonds. The number of piperidine rings is 1. The lowest BCUT2D eigenvalue weighted by molar-refractivity contribution is 0.174. The molecule has 1 fully saturated rings. The van der Waals surface area contributed by atoms with Crippen LogP contribution in [0.25, 0.3) is 0 Å². The molecule has 3 heteroatoms. The Labute approximate surface area is 118 Å². The second-order valence-corrected chi connectivity index (χ2v) is 6.55. The molecular weight excluding hydrogens is 288 g/mol. The second kappa shape index (κ2) is 5.32. The third-order valence-corrected chi connectivity index (χ3v) is 4.77. The molecule has 1 unspecified atom stereocenters. The van der Waals surface area contributed by atoms with E-state index in [1.807, 2.05) is 6.07 Å². The smallest absolute Gasteiger partial charge is 0.0625 e. The SMILES string of the molecule is CC1(C)CCN(c2ccccc2Br)CC1CC#N. The average molecular weight is 307 g/mol. The summed E-state index contributed by atoms with van der Waals surface area (Å²) in [5.41, 5.74) is 1.52. The zero-order valence-electron chi connectivity index (χ0n) is 11.0. The Hall–Kier alpha value is -1.01. The predicted molar refractivity (Wildman–Crippen MR) is 78.5 cm³/mol. The molecule has 0 aromatic heterocycles. The number of halogens is 1. The van der Waals surface area contributed by atoms with Gasteiger partial charge >= 0.3 is 0 Å². The molecule has 2 rings (SSSR count). The maximum atomic E-state index is 8.98. The summed E-state index contributed by atoms with van der Waals surface area (Å²) in [6.07, 6.45) is 1.79. The summed E-state index contributed by atoms with van der Waals surface area (Å²) in [5.74, 6) is 0.448. The lowest BCUT2D eigenvalue weighted by atomic mass is 9.72. The molecule has 1 atom stereocenters. The molecule has 1 aliphatic rings. The van der Waals surface area contributed by atoms with Gasteiger partial charge in [-0.05, 0) is 45.8 Å². The van der Waals surface area contributed by atoms with Crippen molar-refractivity contribution in [3.8, 4) is 6.07 Å². The van der Waals surface area contributed by atoms with Crippen LogP contribution in [0.1, 0.15) is 26.7 Å². The fraction of sp³-hybridized carbons (Fsp3) is 0.533. The maximum Gasteiger partial charge on any atom is 0.0625 e. The molecule has 0 spiro atoms. The molecule has 2 nitrogen and oxygen atoms in total. The third-order valence-electron chi connectivity index (χ3n) is 4.10. The minimum absolute atomic E-state index is 0.271. The van der Waals surface area contributed by atoms with Crippen molar-refractivity contribution in [2.24, 2.45) is 11.3 Å². The van der Waals surface area contributed by atoms with Crippen molar-refractivity contribution in [1.82, 2.24) is 0 Å². The van der Waals surface area contributed by atoms with Gasteiger partial charge in [0.15, 0.2) is 0 Å². The fourth-order valence-electron chi connectivity index (χ4n) is 2.61. The highest BCUT2D eigenvalue weighted by Gasteiger charge is 2.35. The summed E-state index contributed by atoms with van der Waals surface area (Å²) in [4.78, 5) is 2.40. The van der Waals surface area contributed by atoms with Crippen molar-refractivity contribution in [3.63, 3.8) is 0 Å². The number of para-hydroxylation sites is 1. The van der Waals surface area contributed by atoms with E-state index >= 15 is 0 Å². The van der Waals surface area contributed by atoms with Gasteiger partial charge in [0.2, 0.25) is 0 Å². The number of benzene rings is 1.